The Morgan fingerprint density at radius 1 is 1.43 bits per heavy atom. The van der Waals surface area contributed by atoms with Crippen LogP contribution in [0.1, 0.15) is 39.5 Å². The van der Waals surface area contributed by atoms with Crippen LogP contribution in [0.5, 0.6) is 0 Å². The number of ether oxygens (including phenoxy) is 2. The summed E-state index contributed by atoms with van der Waals surface area (Å²) in [6.45, 7) is 3.94. The molecule has 0 bridgehead atoms. The predicted octanol–water partition coefficient (Wildman–Crippen LogP) is 1.90. The number of rotatable bonds is 1. The lowest BCUT2D eigenvalue weighted by Gasteiger charge is -2.58. The van der Waals surface area contributed by atoms with Crippen LogP contribution in [0.2, 0.25) is 0 Å². The van der Waals surface area contributed by atoms with Gasteiger partial charge in [-0.1, -0.05) is 6.42 Å². The quantitative estimate of drug-likeness (QED) is 0.604. The maximum absolute atomic E-state index is 11.4. The molecule has 80 valence electrons. The van der Waals surface area contributed by atoms with Gasteiger partial charge in [0.15, 0.2) is 5.60 Å². The highest BCUT2D eigenvalue weighted by Gasteiger charge is 2.67. The van der Waals surface area contributed by atoms with Gasteiger partial charge < -0.3 is 9.47 Å². The van der Waals surface area contributed by atoms with E-state index in [1.54, 1.807) is 7.11 Å². The van der Waals surface area contributed by atoms with Crippen LogP contribution in [-0.4, -0.2) is 24.8 Å². The third-order valence-corrected chi connectivity index (χ3v) is 3.91. The molecule has 2 aliphatic rings. The van der Waals surface area contributed by atoms with Crippen LogP contribution in [0.4, 0.5) is 0 Å². The zero-order valence-corrected chi connectivity index (χ0v) is 9.13. The first kappa shape index (κ1) is 9.97. The maximum Gasteiger partial charge on any atom is 0.316 e. The number of carbonyl (C=O) groups is 1. The molecule has 2 rings (SSSR count). The number of hydrogen-bond donors (Lipinski definition) is 0. The van der Waals surface area contributed by atoms with Crippen LogP contribution in [0, 0.1) is 5.41 Å². The molecule has 0 unspecified atom stereocenters. The number of hydrogen-bond acceptors (Lipinski definition) is 3. The summed E-state index contributed by atoms with van der Waals surface area (Å²) in [6, 6.07) is 0. The molecular weight excluding hydrogens is 180 g/mol. The lowest BCUT2D eigenvalue weighted by atomic mass is 9.61. The lowest BCUT2D eigenvalue weighted by molar-refractivity contribution is -0.274. The van der Waals surface area contributed by atoms with Crippen LogP contribution >= 0.6 is 0 Å². The van der Waals surface area contributed by atoms with Crippen molar-refractivity contribution in [1.82, 2.24) is 0 Å². The van der Waals surface area contributed by atoms with E-state index in [0.29, 0.717) is 0 Å². The van der Waals surface area contributed by atoms with E-state index in [1.165, 1.54) is 6.42 Å². The largest absolute Gasteiger partial charge is 0.455 e. The first-order chi connectivity index (χ1) is 6.54. The van der Waals surface area contributed by atoms with Crippen LogP contribution in [0.3, 0.4) is 0 Å². The molecule has 3 heteroatoms. The molecule has 0 aromatic heterocycles. The summed E-state index contributed by atoms with van der Waals surface area (Å²) >= 11 is 0. The highest BCUT2D eigenvalue weighted by atomic mass is 16.6. The standard InChI is InChI=1S/C11H18O3/c1-10(2)9(12)14-11(10)7-5-4-6-8(11)13-3/h8H,4-7H2,1-3H3/t8-,11-/m1/s1. The summed E-state index contributed by atoms with van der Waals surface area (Å²) in [5, 5.41) is 0. The molecule has 1 spiro atoms. The van der Waals surface area contributed by atoms with E-state index in [4.69, 9.17) is 9.47 Å². The second-order valence-corrected chi connectivity index (χ2v) is 4.87. The molecule has 1 saturated carbocycles. The van der Waals surface area contributed by atoms with Gasteiger partial charge >= 0.3 is 5.97 Å². The van der Waals surface area contributed by atoms with Crippen LogP contribution in [0.15, 0.2) is 0 Å². The Morgan fingerprint density at radius 3 is 2.64 bits per heavy atom. The van der Waals surface area contributed by atoms with E-state index in [2.05, 4.69) is 0 Å². The van der Waals surface area contributed by atoms with E-state index >= 15 is 0 Å². The van der Waals surface area contributed by atoms with Gasteiger partial charge in [-0.15, -0.1) is 0 Å². The Kier molecular flexibility index (Phi) is 2.11. The third-order valence-electron chi connectivity index (χ3n) is 3.91. The first-order valence-corrected chi connectivity index (χ1v) is 5.31. The topological polar surface area (TPSA) is 35.5 Å². The summed E-state index contributed by atoms with van der Waals surface area (Å²) in [5.41, 5.74) is -0.703. The zero-order chi connectivity index (χ0) is 10.4. The van der Waals surface area contributed by atoms with Crippen molar-refractivity contribution in [2.45, 2.75) is 51.2 Å². The van der Waals surface area contributed by atoms with Gasteiger partial charge in [0.05, 0.1) is 6.10 Å². The van der Waals surface area contributed by atoms with Gasteiger partial charge in [0.25, 0.3) is 0 Å². The van der Waals surface area contributed by atoms with Crippen LogP contribution < -0.4 is 0 Å². The van der Waals surface area contributed by atoms with Gasteiger partial charge in [0, 0.05) is 7.11 Å². The van der Waals surface area contributed by atoms with Crippen molar-refractivity contribution >= 4 is 5.97 Å². The minimum Gasteiger partial charge on any atom is -0.455 e. The van der Waals surface area contributed by atoms with Crippen molar-refractivity contribution in [1.29, 1.82) is 0 Å². The van der Waals surface area contributed by atoms with Gasteiger partial charge in [-0.2, -0.15) is 0 Å². The fourth-order valence-corrected chi connectivity index (χ4v) is 2.80. The minimum atomic E-state index is -0.367. The highest BCUT2D eigenvalue weighted by Crippen LogP contribution is 2.54. The van der Waals surface area contributed by atoms with Crippen molar-refractivity contribution < 1.29 is 14.3 Å². The van der Waals surface area contributed by atoms with E-state index in [9.17, 15) is 4.79 Å². The monoisotopic (exact) mass is 198 g/mol. The van der Waals surface area contributed by atoms with Gasteiger partial charge in [-0.3, -0.25) is 4.79 Å². The minimum absolute atomic E-state index is 0.0820. The second-order valence-electron chi connectivity index (χ2n) is 4.87. The van der Waals surface area contributed by atoms with Gasteiger partial charge in [0.1, 0.15) is 5.41 Å². The molecule has 1 aliphatic heterocycles. The smallest absolute Gasteiger partial charge is 0.316 e. The maximum atomic E-state index is 11.4. The molecule has 0 amide bonds. The van der Waals surface area contributed by atoms with Crippen LogP contribution in [0.25, 0.3) is 0 Å². The lowest BCUT2D eigenvalue weighted by Crippen LogP contribution is -2.70. The Balaban J connectivity index is 2.25. The number of carbonyl (C=O) groups excluding carboxylic acids is 1. The first-order valence-electron chi connectivity index (χ1n) is 5.31. The highest BCUT2D eigenvalue weighted by molar-refractivity contribution is 5.84. The average molecular weight is 198 g/mol. The summed E-state index contributed by atoms with van der Waals surface area (Å²) in [4.78, 5) is 11.4. The number of methoxy groups -OCH3 is 1. The van der Waals surface area contributed by atoms with Crippen molar-refractivity contribution in [3.8, 4) is 0 Å². The third kappa shape index (κ3) is 0.991. The predicted molar refractivity (Wildman–Crippen MR) is 51.9 cm³/mol. The second kappa shape index (κ2) is 2.96. The molecule has 2 atom stereocenters. The fraction of sp³-hybridized carbons (Fsp3) is 0.909. The Hall–Kier alpha value is -0.570. The van der Waals surface area contributed by atoms with Crippen LogP contribution in [-0.2, 0) is 14.3 Å². The molecular formula is C11H18O3. The summed E-state index contributed by atoms with van der Waals surface area (Å²) in [5.74, 6) is -0.0820. The molecule has 14 heavy (non-hydrogen) atoms. The van der Waals surface area contributed by atoms with Crippen molar-refractivity contribution in [2.24, 2.45) is 5.41 Å². The molecule has 1 heterocycles. The normalized spacial score (nSPS) is 40.5. The summed E-state index contributed by atoms with van der Waals surface area (Å²) in [7, 11) is 1.71. The van der Waals surface area contributed by atoms with Gasteiger partial charge in [-0.25, -0.2) is 0 Å². The fourth-order valence-electron chi connectivity index (χ4n) is 2.80. The summed E-state index contributed by atoms with van der Waals surface area (Å²) in [6.07, 6.45) is 4.35. The van der Waals surface area contributed by atoms with E-state index < -0.39 is 0 Å². The molecule has 3 nitrogen and oxygen atoms in total. The van der Waals surface area contributed by atoms with Crippen molar-refractivity contribution in [3.05, 3.63) is 0 Å². The Labute approximate surface area is 84.8 Å². The molecule has 0 aromatic rings. The Bertz CT molecular complexity index is 259. The number of esters is 1. The van der Waals surface area contributed by atoms with Gasteiger partial charge in [-0.05, 0) is 33.1 Å². The zero-order valence-electron chi connectivity index (χ0n) is 9.13. The molecule has 0 N–H and O–H groups in total. The van der Waals surface area contributed by atoms with Crippen molar-refractivity contribution in [3.63, 3.8) is 0 Å². The summed E-state index contributed by atoms with van der Waals surface area (Å²) < 4.78 is 10.9. The molecule has 0 aromatic carbocycles. The molecule has 2 fully saturated rings. The van der Waals surface area contributed by atoms with Gasteiger partial charge in [0.2, 0.25) is 0 Å². The van der Waals surface area contributed by atoms with E-state index in [1.807, 2.05) is 13.8 Å². The van der Waals surface area contributed by atoms with E-state index in [-0.39, 0.29) is 23.1 Å². The Morgan fingerprint density at radius 2 is 2.14 bits per heavy atom. The van der Waals surface area contributed by atoms with Crippen molar-refractivity contribution in [2.75, 3.05) is 7.11 Å². The molecule has 0 radical (unpaired) electrons. The molecule has 1 aliphatic carbocycles. The van der Waals surface area contributed by atoms with E-state index in [0.717, 1.165) is 19.3 Å². The molecule has 1 saturated heterocycles. The average Bonchev–Trinajstić information content (AvgIpc) is 2.18. The SMILES string of the molecule is CO[C@@H]1CCCC[C@@]12OC(=O)C2(C)C.